The van der Waals surface area contributed by atoms with Gasteiger partial charge >= 0.3 is 0 Å². The molecule has 0 unspecified atom stereocenters. The minimum absolute atomic E-state index is 0.354. The quantitative estimate of drug-likeness (QED) is 0.310. The van der Waals surface area contributed by atoms with Crippen molar-refractivity contribution in [3.63, 3.8) is 0 Å². The second-order valence-electron chi connectivity index (χ2n) is 8.51. The van der Waals surface area contributed by atoms with Crippen molar-refractivity contribution >= 4 is 39.6 Å². The second kappa shape index (κ2) is 10.7. The first-order valence-electron chi connectivity index (χ1n) is 11.4. The fraction of sp³-hybridized carbons (Fsp3) is 0.231. The van der Waals surface area contributed by atoms with Crippen molar-refractivity contribution in [1.82, 2.24) is 30.5 Å². The van der Waals surface area contributed by atoms with Gasteiger partial charge in [-0.1, -0.05) is 13.8 Å². The van der Waals surface area contributed by atoms with Crippen LogP contribution >= 0.6 is 0 Å². The molecule has 0 saturated heterocycles. The first-order chi connectivity index (χ1) is 16.9. The standard InChI is InChI=1S/C26H29N9/c1-17(2)18-11-26(34-31-13-18)33-25-8-7-23-24(32-25)10-19(12-30-23)21(15-28-3)22(27)16-35(4)20-6-5-9-29-14-20/h5-15,17,27-28H,16H2,1-4H3,(H,32,33,34)/b21-15-,27-22?. The Hall–Kier alpha value is -4.40. The number of nitrogens with one attached hydrogen (secondary N) is 3. The van der Waals surface area contributed by atoms with E-state index < -0.39 is 0 Å². The summed E-state index contributed by atoms with van der Waals surface area (Å²) in [5, 5.41) is 23.3. The Morgan fingerprint density at radius 2 is 1.94 bits per heavy atom. The number of hydrogen-bond acceptors (Lipinski definition) is 9. The number of hydrogen-bond donors (Lipinski definition) is 3. The molecule has 0 saturated carbocycles. The third kappa shape index (κ3) is 5.75. The summed E-state index contributed by atoms with van der Waals surface area (Å²) >= 11 is 0. The molecule has 0 aliphatic carbocycles. The Morgan fingerprint density at radius 1 is 1.09 bits per heavy atom. The summed E-state index contributed by atoms with van der Waals surface area (Å²) < 4.78 is 0. The number of anilines is 3. The smallest absolute Gasteiger partial charge is 0.154 e. The molecule has 0 atom stereocenters. The molecule has 4 aromatic heterocycles. The van der Waals surface area contributed by atoms with Crippen LogP contribution in [0.2, 0.25) is 0 Å². The highest BCUT2D eigenvalue weighted by molar-refractivity contribution is 6.24. The normalized spacial score (nSPS) is 11.5. The predicted molar refractivity (Wildman–Crippen MR) is 141 cm³/mol. The van der Waals surface area contributed by atoms with Gasteiger partial charge in [0.2, 0.25) is 0 Å². The highest BCUT2D eigenvalue weighted by atomic mass is 15.2. The van der Waals surface area contributed by atoms with Gasteiger partial charge in [-0.05, 0) is 47.9 Å². The van der Waals surface area contributed by atoms with Crippen molar-refractivity contribution in [2.75, 3.05) is 30.9 Å². The number of fused-ring (bicyclic) bond motifs is 1. The van der Waals surface area contributed by atoms with Gasteiger partial charge in [0.15, 0.2) is 5.82 Å². The van der Waals surface area contributed by atoms with E-state index in [1.54, 1.807) is 24.8 Å². The molecule has 0 bridgehead atoms. The minimum Gasteiger partial charge on any atom is -0.393 e. The lowest BCUT2D eigenvalue weighted by Gasteiger charge is -2.20. The Kier molecular flexibility index (Phi) is 7.25. The number of nitrogens with zero attached hydrogens (tertiary/aromatic N) is 6. The zero-order chi connectivity index (χ0) is 24.8. The number of pyridine rings is 3. The van der Waals surface area contributed by atoms with Crippen LogP contribution in [0.5, 0.6) is 0 Å². The number of aromatic nitrogens is 5. The molecule has 35 heavy (non-hydrogen) atoms. The van der Waals surface area contributed by atoms with E-state index >= 15 is 0 Å². The molecular weight excluding hydrogens is 438 g/mol. The van der Waals surface area contributed by atoms with Gasteiger partial charge in [-0.15, -0.1) is 5.10 Å². The van der Waals surface area contributed by atoms with Gasteiger partial charge < -0.3 is 20.9 Å². The summed E-state index contributed by atoms with van der Waals surface area (Å²) in [5.41, 5.74) is 5.53. The number of rotatable bonds is 9. The summed E-state index contributed by atoms with van der Waals surface area (Å²) in [4.78, 5) is 15.5. The molecule has 9 heteroatoms. The monoisotopic (exact) mass is 467 g/mol. The molecule has 4 rings (SSSR count). The van der Waals surface area contributed by atoms with E-state index in [1.165, 1.54) is 0 Å². The molecule has 178 valence electrons. The van der Waals surface area contributed by atoms with Gasteiger partial charge in [-0.3, -0.25) is 9.97 Å². The van der Waals surface area contributed by atoms with Crippen LogP contribution in [0.4, 0.5) is 17.3 Å². The molecule has 0 radical (unpaired) electrons. The Labute approximate surface area is 204 Å². The first-order valence-corrected chi connectivity index (χ1v) is 11.4. The van der Waals surface area contributed by atoms with E-state index in [4.69, 9.17) is 10.4 Å². The minimum atomic E-state index is 0.354. The lowest BCUT2D eigenvalue weighted by atomic mass is 10.0. The second-order valence-corrected chi connectivity index (χ2v) is 8.51. The van der Waals surface area contributed by atoms with Crippen LogP contribution in [-0.2, 0) is 0 Å². The van der Waals surface area contributed by atoms with Crippen LogP contribution in [0.15, 0.2) is 67.4 Å². The lowest BCUT2D eigenvalue weighted by Crippen LogP contribution is -2.26. The fourth-order valence-corrected chi connectivity index (χ4v) is 3.60. The molecule has 0 amide bonds. The average Bonchev–Trinajstić information content (AvgIpc) is 2.87. The molecular formula is C26H29N9. The molecule has 3 N–H and O–H groups in total. The van der Waals surface area contributed by atoms with Gasteiger partial charge in [-0.2, -0.15) is 5.10 Å². The van der Waals surface area contributed by atoms with Gasteiger partial charge in [0.1, 0.15) is 5.82 Å². The van der Waals surface area contributed by atoms with Gasteiger partial charge in [-0.25, -0.2) is 4.98 Å². The van der Waals surface area contributed by atoms with Crippen LogP contribution < -0.4 is 15.5 Å². The molecule has 0 aliphatic heterocycles. The lowest BCUT2D eigenvalue weighted by molar-refractivity contribution is 0.843. The molecule has 0 spiro atoms. The van der Waals surface area contributed by atoms with Crippen LogP contribution in [0.25, 0.3) is 16.6 Å². The van der Waals surface area contributed by atoms with Crippen LogP contribution in [0.1, 0.15) is 30.9 Å². The zero-order valence-electron chi connectivity index (χ0n) is 20.3. The van der Waals surface area contributed by atoms with Gasteiger partial charge in [0, 0.05) is 43.8 Å². The average molecular weight is 468 g/mol. The Morgan fingerprint density at radius 3 is 2.69 bits per heavy atom. The van der Waals surface area contributed by atoms with E-state index in [-0.39, 0.29) is 0 Å². The Bertz CT molecular complexity index is 1350. The largest absolute Gasteiger partial charge is 0.393 e. The zero-order valence-corrected chi connectivity index (χ0v) is 20.3. The summed E-state index contributed by atoms with van der Waals surface area (Å²) in [6.45, 7) is 4.65. The maximum absolute atomic E-state index is 8.77. The van der Waals surface area contributed by atoms with Crippen molar-refractivity contribution < 1.29 is 0 Å². The Balaban J connectivity index is 1.59. The molecule has 4 aromatic rings. The van der Waals surface area contributed by atoms with Gasteiger partial charge in [0.25, 0.3) is 0 Å². The van der Waals surface area contributed by atoms with Crippen LogP contribution in [0, 0.1) is 5.41 Å². The molecule has 0 aromatic carbocycles. The SMILES string of the molecule is CN/C=C(\C(=N)CN(C)c1cccnc1)c1cnc2ccc(Nc3cc(C(C)C)cnn3)nc2c1. The molecule has 9 nitrogen and oxygen atoms in total. The van der Waals surface area contributed by atoms with Gasteiger partial charge in [0.05, 0.1) is 41.4 Å². The van der Waals surface area contributed by atoms with E-state index in [0.29, 0.717) is 29.8 Å². The van der Waals surface area contributed by atoms with Crippen LogP contribution in [0.3, 0.4) is 0 Å². The summed E-state index contributed by atoms with van der Waals surface area (Å²) in [7, 11) is 3.76. The third-order valence-electron chi connectivity index (χ3n) is 5.54. The fourth-order valence-electron chi connectivity index (χ4n) is 3.60. The van der Waals surface area contributed by atoms with Crippen molar-refractivity contribution in [3.8, 4) is 0 Å². The maximum Gasteiger partial charge on any atom is 0.154 e. The summed E-state index contributed by atoms with van der Waals surface area (Å²) in [5.74, 6) is 1.65. The van der Waals surface area contributed by atoms with E-state index in [9.17, 15) is 0 Å². The van der Waals surface area contributed by atoms with Crippen LogP contribution in [-0.4, -0.2) is 51.5 Å². The highest BCUT2D eigenvalue weighted by Crippen LogP contribution is 2.23. The predicted octanol–water partition coefficient (Wildman–Crippen LogP) is 4.40. The van der Waals surface area contributed by atoms with Crippen molar-refractivity contribution in [1.29, 1.82) is 5.41 Å². The first kappa shape index (κ1) is 23.7. The molecule has 0 fully saturated rings. The van der Waals surface area contributed by atoms with Crippen molar-refractivity contribution in [3.05, 3.63) is 78.5 Å². The van der Waals surface area contributed by atoms with E-state index in [0.717, 1.165) is 33.4 Å². The molecule has 4 heterocycles. The third-order valence-corrected chi connectivity index (χ3v) is 5.54. The summed E-state index contributed by atoms with van der Waals surface area (Å²) in [6.07, 6.45) is 8.88. The topological polar surface area (TPSA) is 116 Å². The van der Waals surface area contributed by atoms with Crippen molar-refractivity contribution in [2.45, 2.75) is 19.8 Å². The van der Waals surface area contributed by atoms with Crippen molar-refractivity contribution in [2.24, 2.45) is 0 Å². The van der Waals surface area contributed by atoms with E-state index in [1.807, 2.05) is 61.6 Å². The maximum atomic E-state index is 8.77. The van der Waals surface area contributed by atoms with E-state index in [2.05, 4.69) is 44.6 Å². The molecule has 0 aliphatic rings. The highest BCUT2D eigenvalue weighted by Gasteiger charge is 2.14. The summed E-state index contributed by atoms with van der Waals surface area (Å²) in [6, 6.07) is 11.6.